The molecule has 0 unspecified atom stereocenters. The van der Waals surface area contributed by atoms with Crippen LogP contribution in [0.4, 0.5) is 0 Å². The maximum atomic E-state index is 10.9. The van der Waals surface area contributed by atoms with E-state index in [0.717, 1.165) is 12.0 Å². The van der Waals surface area contributed by atoms with Gasteiger partial charge in [0, 0.05) is 5.56 Å². The van der Waals surface area contributed by atoms with E-state index >= 15 is 0 Å². The molecule has 0 aromatic heterocycles. The number of ether oxygens (including phenoxy) is 3. The molecule has 0 aliphatic rings. The summed E-state index contributed by atoms with van der Waals surface area (Å²) in [7, 11) is 0. The molecule has 0 aliphatic carbocycles. The van der Waals surface area contributed by atoms with Crippen molar-refractivity contribution in [2.75, 3.05) is 19.8 Å². The highest BCUT2D eigenvalue weighted by atomic mass is 16.5. The first-order chi connectivity index (χ1) is 11.9. The molecular weight excluding hydrogens is 316 g/mol. The Balaban J connectivity index is 1.88. The fourth-order valence-electron chi connectivity index (χ4n) is 2.35. The Bertz CT molecular complexity index is 684. The molecule has 0 aliphatic heterocycles. The lowest BCUT2D eigenvalue weighted by atomic mass is 9.87. The summed E-state index contributed by atoms with van der Waals surface area (Å²) in [4.78, 5) is 10.9. The third-order valence-corrected chi connectivity index (χ3v) is 3.73. The average Bonchev–Trinajstić information content (AvgIpc) is 2.59. The predicted octanol–water partition coefficient (Wildman–Crippen LogP) is 4.65. The molecule has 4 nitrogen and oxygen atoms in total. The van der Waals surface area contributed by atoms with Crippen LogP contribution in [0.5, 0.6) is 17.2 Å². The van der Waals surface area contributed by atoms with Gasteiger partial charge in [-0.2, -0.15) is 0 Å². The van der Waals surface area contributed by atoms with Gasteiger partial charge in [-0.25, -0.2) is 0 Å². The number of hydrogen-bond donors (Lipinski definition) is 0. The van der Waals surface area contributed by atoms with E-state index in [4.69, 9.17) is 14.2 Å². The van der Waals surface area contributed by atoms with Crippen LogP contribution in [0.25, 0.3) is 0 Å². The average molecular weight is 342 g/mol. The van der Waals surface area contributed by atoms with Crippen molar-refractivity contribution < 1.29 is 19.0 Å². The highest BCUT2D eigenvalue weighted by molar-refractivity contribution is 5.76. The summed E-state index contributed by atoms with van der Waals surface area (Å²) in [5.74, 6) is 2.00. The SMILES string of the molecule is CCOc1cc(C=O)ccc1OCCOc1ccc(C(C)(C)C)cc1. The van der Waals surface area contributed by atoms with E-state index in [1.54, 1.807) is 18.2 Å². The molecule has 0 amide bonds. The van der Waals surface area contributed by atoms with Crippen LogP contribution in [0.3, 0.4) is 0 Å². The van der Waals surface area contributed by atoms with E-state index in [1.165, 1.54) is 5.56 Å². The van der Waals surface area contributed by atoms with Crippen molar-refractivity contribution in [2.45, 2.75) is 33.1 Å². The Morgan fingerprint density at radius 1 is 0.880 bits per heavy atom. The molecule has 25 heavy (non-hydrogen) atoms. The third kappa shape index (κ3) is 5.52. The minimum absolute atomic E-state index is 0.130. The largest absolute Gasteiger partial charge is 0.490 e. The monoisotopic (exact) mass is 342 g/mol. The van der Waals surface area contributed by atoms with Gasteiger partial charge in [-0.1, -0.05) is 32.9 Å². The summed E-state index contributed by atoms with van der Waals surface area (Å²) in [6, 6.07) is 13.3. The van der Waals surface area contributed by atoms with Crippen LogP contribution in [-0.4, -0.2) is 26.1 Å². The summed E-state index contributed by atoms with van der Waals surface area (Å²) < 4.78 is 17.0. The quantitative estimate of drug-likeness (QED) is 0.517. The molecule has 0 saturated carbocycles. The Kier molecular flexibility index (Phi) is 6.45. The van der Waals surface area contributed by atoms with Crippen LogP contribution in [0.2, 0.25) is 0 Å². The molecule has 0 spiro atoms. The van der Waals surface area contributed by atoms with Gasteiger partial charge in [-0.15, -0.1) is 0 Å². The normalized spacial score (nSPS) is 11.0. The maximum Gasteiger partial charge on any atom is 0.161 e. The maximum absolute atomic E-state index is 10.9. The van der Waals surface area contributed by atoms with E-state index in [1.807, 2.05) is 19.1 Å². The van der Waals surface area contributed by atoms with Crippen LogP contribution < -0.4 is 14.2 Å². The van der Waals surface area contributed by atoms with Crippen LogP contribution in [0.15, 0.2) is 42.5 Å². The lowest BCUT2D eigenvalue weighted by molar-refractivity contribution is 0.112. The van der Waals surface area contributed by atoms with Crippen LogP contribution in [0.1, 0.15) is 43.6 Å². The Labute approximate surface area is 149 Å². The summed E-state index contributed by atoms with van der Waals surface area (Å²) in [6.07, 6.45) is 0.788. The van der Waals surface area contributed by atoms with E-state index in [2.05, 4.69) is 32.9 Å². The smallest absolute Gasteiger partial charge is 0.161 e. The number of benzene rings is 2. The molecule has 2 rings (SSSR count). The molecule has 4 heteroatoms. The van der Waals surface area contributed by atoms with Gasteiger partial charge in [-0.05, 0) is 48.2 Å². The van der Waals surface area contributed by atoms with Crippen LogP contribution in [0, 0.1) is 0 Å². The van der Waals surface area contributed by atoms with Crippen molar-refractivity contribution in [3.05, 3.63) is 53.6 Å². The number of aldehydes is 1. The minimum atomic E-state index is 0.130. The molecule has 134 valence electrons. The van der Waals surface area contributed by atoms with Crippen LogP contribution >= 0.6 is 0 Å². The van der Waals surface area contributed by atoms with Crippen molar-refractivity contribution in [1.82, 2.24) is 0 Å². The standard InChI is InChI=1S/C21H26O4/c1-5-23-20-14-16(15-22)6-11-19(20)25-13-12-24-18-9-7-17(8-10-18)21(2,3)4/h6-11,14-15H,5,12-13H2,1-4H3. The second kappa shape index (κ2) is 8.56. The summed E-state index contributed by atoms with van der Waals surface area (Å²) >= 11 is 0. The topological polar surface area (TPSA) is 44.8 Å². The van der Waals surface area contributed by atoms with Gasteiger partial charge in [0.05, 0.1) is 6.61 Å². The van der Waals surface area contributed by atoms with Gasteiger partial charge >= 0.3 is 0 Å². The zero-order valence-corrected chi connectivity index (χ0v) is 15.4. The van der Waals surface area contributed by atoms with Gasteiger partial charge in [-0.3, -0.25) is 4.79 Å². The Morgan fingerprint density at radius 2 is 1.56 bits per heavy atom. The molecule has 0 fully saturated rings. The molecule has 0 heterocycles. The number of carbonyl (C=O) groups is 1. The second-order valence-electron chi connectivity index (χ2n) is 6.73. The lowest BCUT2D eigenvalue weighted by Gasteiger charge is -2.19. The molecule has 0 N–H and O–H groups in total. The van der Waals surface area contributed by atoms with Gasteiger partial charge in [0.2, 0.25) is 0 Å². The summed E-state index contributed by atoms with van der Waals surface area (Å²) in [5, 5.41) is 0. The zero-order chi connectivity index (χ0) is 18.3. The van der Waals surface area contributed by atoms with Crippen molar-refractivity contribution >= 4 is 6.29 Å². The van der Waals surface area contributed by atoms with Crippen molar-refractivity contribution in [1.29, 1.82) is 0 Å². The van der Waals surface area contributed by atoms with Gasteiger partial charge in [0.1, 0.15) is 25.2 Å². The third-order valence-electron chi connectivity index (χ3n) is 3.73. The molecule has 2 aromatic carbocycles. The number of rotatable bonds is 8. The predicted molar refractivity (Wildman–Crippen MR) is 99.1 cm³/mol. The lowest BCUT2D eigenvalue weighted by Crippen LogP contribution is -2.12. The van der Waals surface area contributed by atoms with Gasteiger partial charge in [0.25, 0.3) is 0 Å². The second-order valence-corrected chi connectivity index (χ2v) is 6.73. The summed E-state index contributed by atoms with van der Waals surface area (Å²) in [6.45, 7) is 9.77. The van der Waals surface area contributed by atoms with Crippen molar-refractivity contribution in [3.8, 4) is 17.2 Å². The van der Waals surface area contributed by atoms with Crippen LogP contribution in [-0.2, 0) is 5.41 Å². The zero-order valence-electron chi connectivity index (χ0n) is 15.4. The van der Waals surface area contributed by atoms with Gasteiger partial charge < -0.3 is 14.2 Å². The Hall–Kier alpha value is -2.49. The fraction of sp³-hybridized carbons (Fsp3) is 0.381. The summed E-state index contributed by atoms with van der Waals surface area (Å²) in [5.41, 5.74) is 1.96. The van der Waals surface area contributed by atoms with E-state index in [9.17, 15) is 4.79 Å². The number of hydrogen-bond acceptors (Lipinski definition) is 4. The first-order valence-electron chi connectivity index (χ1n) is 8.52. The molecule has 0 atom stereocenters. The first-order valence-corrected chi connectivity index (χ1v) is 8.52. The Morgan fingerprint density at radius 3 is 2.16 bits per heavy atom. The molecule has 2 aromatic rings. The molecular formula is C21H26O4. The molecule has 0 radical (unpaired) electrons. The highest BCUT2D eigenvalue weighted by Gasteiger charge is 2.13. The molecule has 0 bridgehead atoms. The highest BCUT2D eigenvalue weighted by Crippen LogP contribution is 2.28. The van der Waals surface area contributed by atoms with E-state index < -0.39 is 0 Å². The van der Waals surface area contributed by atoms with E-state index in [-0.39, 0.29) is 5.41 Å². The van der Waals surface area contributed by atoms with Gasteiger partial charge in [0.15, 0.2) is 11.5 Å². The van der Waals surface area contributed by atoms with Crippen molar-refractivity contribution in [2.24, 2.45) is 0 Å². The minimum Gasteiger partial charge on any atom is -0.490 e. The van der Waals surface area contributed by atoms with E-state index in [0.29, 0.717) is 36.9 Å². The van der Waals surface area contributed by atoms with Crippen molar-refractivity contribution in [3.63, 3.8) is 0 Å². The fourth-order valence-corrected chi connectivity index (χ4v) is 2.35. The molecule has 0 saturated heterocycles. The number of carbonyl (C=O) groups excluding carboxylic acids is 1. The first kappa shape index (κ1) is 18.8.